The summed E-state index contributed by atoms with van der Waals surface area (Å²) in [7, 11) is 4.67. The summed E-state index contributed by atoms with van der Waals surface area (Å²) in [5, 5.41) is 3.31. The molecule has 2 aromatic rings. The number of ketones is 1. The molecule has 1 N–H and O–H groups in total. The molecular formula is C28H30FNO6. The van der Waals surface area contributed by atoms with Crippen molar-refractivity contribution >= 4 is 11.8 Å². The summed E-state index contributed by atoms with van der Waals surface area (Å²) in [5.74, 6) is -0.530. The molecule has 2 atom stereocenters. The molecule has 4 rings (SSSR count). The predicted octanol–water partition coefficient (Wildman–Crippen LogP) is 4.39. The van der Waals surface area contributed by atoms with E-state index in [0.29, 0.717) is 40.3 Å². The van der Waals surface area contributed by atoms with Crippen molar-refractivity contribution in [1.29, 1.82) is 0 Å². The molecule has 0 fully saturated rings. The maximum absolute atomic E-state index is 13.7. The average molecular weight is 496 g/mol. The highest BCUT2D eigenvalue weighted by Crippen LogP contribution is 2.46. The summed E-state index contributed by atoms with van der Waals surface area (Å²) in [6, 6.07) is 11.5. The van der Waals surface area contributed by atoms with Crippen LogP contribution in [0.5, 0.6) is 11.5 Å². The molecule has 0 unspecified atom stereocenters. The number of esters is 1. The number of allylic oxidation sites excluding steroid dienone is 3. The summed E-state index contributed by atoms with van der Waals surface area (Å²) in [4.78, 5) is 26.8. The number of methoxy groups -OCH3 is 3. The Morgan fingerprint density at radius 3 is 2.33 bits per heavy atom. The molecule has 0 radical (unpaired) electrons. The van der Waals surface area contributed by atoms with E-state index in [1.54, 1.807) is 33.3 Å². The van der Waals surface area contributed by atoms with Gasteiger partial charge >= 0.3 is 5.97 Å². The maximum atomic E-state index is 13.7. The molecule has 0 spiro atoms. The number of Topliss-reactive ketones (excluding diaryl/α,β-unsaturated/α-hetero) is 1. The fourth-order valence-electron chi connectivity index (χ4n) is 4.94. The molecule has 190 valence electrons. The lowest BCUT2D eigenvalue weighted by Crippen LogP contribution is -2.36. The van der Waals surface area contributed by atoms with Gasteiger partial charge in [0.2, 0.25) is 0 Å². The van der Waals surface area contributed by atoms with E-state index >= 15 is 0 Å². The highest BCUT2D eigenvalue weighted by Gasteiger charge is 2.41. The second-order valence-corrected chi connectivity index (χ2v) is 8.81. The lowest BCUT2D eigenvalue weighted by Gasteiger charge is -2.36. The molecule has 1 aliphatic carbocycles. The van der Waals surface area contributed by atoms with E-state index in [-0.39, 0.29) is 31.3 Å². The fourth-order valence-corrected chi connectivity index (χ4v) is 4.94. The average Bonchev–Trinajstić information content (AvgIpc) is 2.87. The van der Waals surface area contributed by atoms with Gasteiger partial charge in [-0.15, -0.1) is 0 Å². The quantitative estimate of drug-likeness (QED) is 0.430. The molecular weight excluding hydrogens is 465 g/mol. The monoisotopic (exact) mass is 495 g/mol. The summed E-state index contributed by atoms with van der Waals surface area (Å²) >= 11 is 0. The van der Waals surface area contributed by atoms with Crippen LogP contribution in [0.3, 0.4) is 0 Å². The SMILES string of the molecule is COCCOC(=O)C1=C(C)NC2=C(C(=O)C[C@H](c3ccc(OC)c(OC)c3)C2)[C@@H]1c1ccc(F)cc1. The number of rotatable bonds is 8. The molecule has 1 heterocycles. The number of dihydropyridines is 1. The van der Waals surface area contributed by atoms with E-state index in [0.717, 1.165) is 11.3 Å². The van der Waals surface area contributed by atoms with Crippen molar-refractivity contribution in [1.82, 2.24) is 5.32 Å². The minimum atomic E-state index is -0.657. The first kappa shape index (κ1) is 25.4. The van der Waals surface area contributed by atoms with Crippen molar-refractivity contribution in [3.8, 4) is 11.5 Å². The van der Waals surface area contributed by atoms with Crippen LogP contribution in [-0.2, 0) is 19.1 Å². The number of carbonyl (C=O) groups excluding carboxylic acids is 2. The molecule has 0 aromatic heterocycles. The van der Waals surface area contributed by atoms with Crippen LogP contribution < -0.4 is 14.8 Å². The van der Waals surface area contributed by atoms with E-state index in [9.17, 15) is 14.0 Å². The van der Waals surface area contributed by atoms with Crippen LogP contribution in [0.4, 0.5) is 4.39 Å². The smallest absolute Gasteiger partial charge is 0.336 e. The normalized spacial score (nSPS) is 19.5. The standard InChI is InChI=1S/C28H30FNO6/c1-16-25(28(32)36-12-11-33-2)26(17-5-8-20(29)9-6-17)27-21(30-16)13-19(14-22(27)31)18-7-10-23(34-3)24(15-18)35-4/h5-10,15,19,26,30H,11-14H2,1-4H3/t19-,26-/m1/s1. The molecule has 7 nitrogen and oxygen atoms in total. The Labute approximate surface area is 209 Å². The molecule has 2 aliphatic rings. The number of hydrogen-bond acceptors (Lipinski definition) is 7. The Morgan fingerprint density at radius 1 is 0.972 bits per heavy atom. The fraction of sp³-hybridized carbons (Fsp3) is 0.357. The second-order valence-electron chi connectivity index (χ2n) is 8.81. The van der Waals surface area contributed by atoms with Gasteiger partial charge in [0.1, 0.15) is 12.4 Å². The minimum absolute atomic E-state index is 0.0763. The Kier molecular flexibility index (Phi) is 7.74. The van der Waals surface area contributed by atoms with Crippen molar-refractivity contribution in [3.05, 3.63) is 81.9 Å². The number of hydrogen-bond donors (Lipinski definition) is 1. The van der Waals surface area contributed by atoms with Gasteiger partial charge in [-0.2, -0.15) is 0 Å². The molecule has 2 aromatic carbocycles. The molecule has 0 saturated heterocycles. The van der Waals surface area contributed by atoms with Gasteiger partial charge in [0.15, 0.2) is 17.3 Å². The number of halogens is 1. The van der Waals surface area contributed by atoms with Crippen LogP contribution in [0.2, 0.25) is 0 Å². The first-order chi connectivity index (χ1) is 17.4. The Hall–Kier alpha value is -3.65. The molecule has 1 aliphatic heterocycles. The van der Waals surface area contributed by atoms with Crippen molar-refractivity contribution < 1.29 is 32.9 Å². The van der Waals surface area contributed by atoms with Gasteiger partial charge in [-0.25, -0.2) is 9.18 Å². The van der Waals surface area contributed by atoms with Gasteiger partial charge in [0.05, 0.1) is 26.4 Å². The first-order valence-corrected chi connectivity index (χ1v) is 11.7. The Morgan fingerprint density at radius 2 is 1.67 bits per heavy atom. The van der Waals surface area contributed by atoms with Gasteiger partial charge in [-0.05, 0) is 54.7 Å². The second kappa shape index (κ2) is 11.0. The third-order valence-electron chi connectivity index (χ3n) is 6.65. The Bertz CT molecular complexity index is 1220. The molecule has 8 heteroatoms. The van der Waals surface area contributed by atoms with Crippen LogP contribution in [-0.4, -0.2) is 46.3 Å². The number of nitrogens with one attached hydrogen (secondary N) is 1. The lowest BCUT2D eigenvalue weighted by atomic mass is 9.71. The van der Waals surface area contributed by atoms with Crippen molar-refractivity contribution in [3.63, 3.8) is 0 Å². The van der Waals surface area contributed by atoms with E-state index in [4.69, 9.17) is 18.9 Å². The van der Waals surface area contributed by atoms with Crippen molar-refractivity contribution in [2.75, 3.05) is 34.5 Å². The maximum Gasteiger partial charge on any atom is 0.336 e. The summed E-state index contributed by atoms with van der Waals surface area (Å²) in [6.07, 6.45) is 0.830. The van der Waals surface area contributed by atoms with Gasteiger partial charge in [0.25, 0.3) is 0 Å². The zero-order valence-corrected chi connectivity index (χ0v) is 20.9. The van der Waals surface area contributed by atoms with Crippen molar-refractivity contribution in [2.24, 2.45) is 0 Å². The van der Waals surface area contributed by atoms with Crippen LogP contribution in [0.25, 0.3) is 0 Å². The van der Waals surface area contributed by atoms with Crippen LogP contribution in [0, 0.1) is 5.82 Å². The predicted molar refractivity (Wildman–Crippen MR) is 131 cm³/mol. The first-order valence-electron chi connectivity index (χ1n) is 11.7. The lowest BCUT2D eigenvalue weighted by molar-refractivity contribution is -0.140. The highest BCUT2D eigenvalue weighted by atomic mass is 19.1. The number of carbonyl (C=O) groups is 2. The van der Waals surface area contributed by atoms with Gasteiger partial charge in [-0.1, -0.05) is 18.2 Å². The third-order valence-corrected chi connectivity index (χ3v) is 6.65. The van der Waals surface area contributed by atoms with Gasteiger partial charge in [-0.3, -0.25) is 4.79 Å². The summed E-state index contributed by atoms with van der Waals surface area (Å²) < 4.78 is 34.9. The molecule has 0 bridgehead atoms. The van der Waals surface area contributed by atoms with E-state index in [2.05, 4.69) is 5.32 Å². The molecule has 0 saturated carbocycles. The van der Waals surface area contributed by atoms with Gasteiger partial charge in [0, 0.05) is 36.4 Å². The zero-order valence-electron chi connectivity index (χ0n) is 20.9. The third kappa shape index (κ3) is 4.99. The number of ether oxygens (including phenoxy) is 4. The van der Waals surface area contributed by atoms with Crippen molar-refractivity contribution in [2.45, 2.75) is 31.6 Å². The van der Waals surface area contributed by atoms with E-state index in [1.165, 1.54) is 19.2 Å². The van der Waals surface area contributed by atoms with E-state index < -0.39 is 17.7 Å². The minimum Gasteiger partial charge on any atom is -0.493 e. The van der Waals surface area contributed by atoms with Crippen LogP contribution in [0.1, 0.15) is 42.7 Å². The topological polar surface area (TPSA) is 83.1 Å². The zero-order chi connectivity index (χ0) is 25.8. The number of benzene rings is 2. The van der Waals surface area contributed by atoms with E-state index in [1.807, 2.05) is 18.2 Å². The summed E-state index contributed by atoms with van der Waals surface area (Å²) in [5.41, 5.74) is 3.83. The molecule has 36 heavy (non-hydrogen) atoms. The van der Waals surface area contributed by atoms with Crippen LogP contribution >= 0.6 is 0 Å². The summed E-state index contributed by atoms with van der Waals surface area (Å²) in [6.45, 7) is 2.13. The van der Waals surface area contributed by atoms with Crippen LogP contribution in [0.15, 0.2) is 65.0 Å². The van der Waals surface area contributed by atoms with Gasteiger partial charge < -0.3 is 24.3 Å². The molecule has 0 amide bonds. The highest BCUT2D eigenvalue weighted by molar-refractivity contribution is 6.04. The largest absolute Gasteiger partial charge is 0.493 e. The Balaban J connectivity index is 1.73.